The third kappa shape index (κ3) is 9.95. The van der Waals surface area contributed by atoms with Gasteiger partial charge in [-0.2, -0.15) is 0 Å². The summed E-state index contributed by atoms with van der Waals surface area (Å²) in [6.45, 7) is 6.95. The first-order valence-electron chi connectivity index (χ1n) is 15.1. The van der Waals surface area contributed by atoms with Crippen LogP contribution in [0.25, 0.3) is 4.85 Å². The predicted octanol–water partition coefficient (Wildman–Crippen LogP) is 6.37. The average Bonchev–Trinajstić information content (AvgIpc) is 3.12. The summed E-state index contributed by atoms with van der Waals surface area (Å²) in [6.07, 6.45) is 0.344. The van der Waals surface area contributed by atoms with Crippen molar-refractivity contribution < 1.29 is 32.8 Å². The number of hydrogen-bond donors (Lipinski definition) is 1. The molecule has 0 radical (unpaired) electrons. The van der Waals surface area contributed by atoms with E-state index in [1.54, 1.807) is 14.2 Å². The minimum atomic E-state index is -1.11. The van der Waals surface area contributed by atoms with Crippen LogP contribution in [0.2, 0.25) is 0 Å². The predicted molar refractivity (Wildman–Crippen MR) is 181 cm³/mol. The molecule has 1 amide bonds. The number of rotatable bonds is 19. The maximum atomic E-state index is 13.7. The number of methoxy groups -OCH3 is 2. The lowest BCUT2D eigenvalue weighted by Crippen LogP contribution is -2.40. The van der Waals surface area contributed by atoms with Gasteiger partial charge >= 0.3 is 0 Å². The Morgan fingerprint density at radius 1 is 0.787 bits per heavy atom. The highest BCUT2D eigenvalue weighted by Crippen LogP contribution is 2.41. The molecule has 1 N–H and O–H groups in total. The summed E-state index contributed by atoms with van der Waals surface area (Å²) in [4.78, 5) is 29.8. The summed E-state index contributed by atoms with van der Waals surface area (Å²) in [5, 5.41) is 2.95. The van der Waals surface area contributed by atoms with E-state index < -0.39 is 11.5 Å². The van der Waals surface area contributed by atoms with Crippen LogP contribution in [0, 0.1) is 12.5 Å². The van der Waals surface area contributed by atoms with Gasteiger partial charge in [0, 0.05) is 12.3 Å². The third-order valence-electron chi connectivity index (χ3n) is 7.53. The summed E-state index contributed by atoms with van der Waals surface area (Å²) in [7, 11) is 2.88. The van der Waals surface area contributed by atoms with Crippen molar-refractivity contribution in [1.29, 1.82) is 0 Å². The van der Waals surface area contributed by atoms with Gasteiger partial charge in [-0.1, -0.05) is 84.9 Å². The average molecular weight is 655 g/mol. The Morgan fingerprint density at radius 2 is 1.34 bits per heavy atom. The minimum Gasteiger partial charge on any atom is -0.497 e. The molecule has 10 heteroatoms. The Labute approximate surface area is 277 Å². The second kappa shape index (κ2) is 18.5. The molecule has 1 unspecified atom stereocenters. The number of hydrogen-bond acceptors (Lipinski definition) is 7. The van der Waals surface area contributed by atoms with E-state index in [0.29, 0.717) is 17.9 Å². The molecule has 0 spiro atoms. The number of ketones is 1. The molecule has 0 saturated heterocycles. The fraction of sp³-hybridized carbons (Fsp3) is 0.270. The smallest absolute Gasteiger partial charge is 0.238 e. The van der Waals surface area contributed by atoms with Gasteiger partial charge in [0.05, 0.1) is 14.2 Å². The van der Waals surface area contributed by atoms with Crippen molar-refractivity contribution in [1.82, 2.24) is 5.32 Å². The second-order valence-electron chi connectivity index (χ2n) is 10.6. The standard InChI is InChI=1S/C37H39N2O7P/c1-38-22-23-45-47-46-26-33(40)25-29(24-28-10-6-4-7-11-28)36(41)39-27-44-37(30-12-8-5-9-13-30,31-14-18-34(42-2)19-15-31)32-16-20-35(43-3)21-17-32/h4-21,29,47H,22-27H2,2-3H3,(H,39,41)/t29-/m1/s1. The lowest BCUT2D eigenvalue weighted by atomic mass is 9.80. The first-order chi connectivity index (χ1) is 23.0. The maximum absolute atomic E-state index is 13.7. The van der Waals surface area contributed by atoms with E-state index in [1.807, 2.05) is 109 Å². The minimum absolute atomic E-state index is 0.0198. The van der Waals surface area contributed by atoms with Crippen LogP contribution in [0.1, 0.15) is 28.7 Å². The van der Waals surface area contributed by atoms with Crippen LogP contribution in [-0.4, -0.2) is 52.4 Å². The lowest BCUT2D eigenvalue weighted by molar-refractivity contribution is -0.132. The summed E-state index contributed by atoms with van der Waals surface area (Å²) < 4.78 is 28.2. The van der Waals surface area contributed by atoms with E-state index >= 15 is 0 Å². The van der Waals surface area contributed by atoms with Gasteiger partial charge in [-0.3, -0.25) is 9.59 Å². The fourth-order valence-electron chi connectivity index (χ4n) is 5.21. The van der Waals surface area contributed by atoms with Crippen LogP contribution in [0.5, 0.6) is 11.5 Å². The quantitative estimate of drug-likeness (QED) is 0.0413. The van der Waals surface area contributed by atoms with Crippen LogP contribution in [0.15, 0.2) is 109 Å². The molecule has 47 heavy (non-hydrogen) atoms. The topological polar surface area (TPSA) is 96.7 Å². The Kier molecular flexibility index (Phi) is 13.9. The summed E-state index contributed by atoms with van der Waals surface area (Å²) in [6, 6.07) is 34.6. The zero-order valence-corrected chi connectivity index (χ0v) is 27.5. The molecule has 0 heterocycles. The van der Waals surface area contributed by atoms with Gasteiger partial charge in [0.2, 0.25) is 12.5 Å². The Morgan fingerprint density at radius 3 is 1.89 bits per heavy atom. The Balaban J connectivity index is 1.57. The Bertz CT molecular complexity index is 1530. The molecule has 4 aromatic carbocycles. The molecule has 0 aliphatic heterocycles. The highest BCUT2D eigenvalue weighted by atomic mass is 31.1. The maximum Gasteiger partial charge on any atom is 0.238 e. The van der Waals surface area contributed by atoms with Crippen LogP contribution in [0.3, 0.4) is 0 Å². The van der Waals surface area contributed by atoms with Crippen molar-refractivity contribution in [3.05, 3.63) is 143 Å². The van der Waals surface area contributed by atoms with Crippen molar-refractivity contribution in [2.24, 2.45) is 5.92 Å². The fourth-order valence-corrected chi connectivity index (χ4v) is 5.69. The van der Waals surface area contributed by atoms with E-state index in [0.717, 1.165) is 22.3 Å². The van der Waals surface area contributed by atoms with Crippen molar-refractivity contribution in [2.75, 3.05) is 40.7 Å². The first-order valence-corrected chi connectivity index (χ1v) is 16.0. The van der Waals surface area contributed by atoms with E-state index in [4.69, 9.17) is 29.8 Å². The van der Waals surface area contributed by atoms with Gasteiger partial charge in [0.25, 0.3) is 0 Å². The molecule has 0 bridgehead atoms. The SMILES string of the molecule is [C-]#[N+]CCOPOCC(=O)C[C@@H](Cc1ccccc1)C(=O)NCOC(c1ccccc1)(c1ccc(OC)cc1)c1ccc(OC)cc1. The number of nitrogens with one attached hydrogen (secondary N) is 1. The number of ether oxygens (including phenoxy) is 3. The lowest BCUT2D eigenvalue weighted by Gasteiger charge is -2.36. The molecule has 0 aliphatic rings. The molecule has 0 fully saturated rings. The van der Waals surface area contributed by atoms with Gasteiger partial charge in [0.15, 0.2) is 14.8 Å². The molecule has 4 aromatic rings. The second-order valence-corrected chi connectivity index (χ2v) is 11.3. The van der Waals surface area contributed by atoms with E-state index in [2.05, 4.69) is 10.2 Å². The van der Waals surface area contributed by atoms with Crippen molar-refractivity contribution in [3.8, 4) is 11.5 Å². The first kappa shape index (κ1) is 35.3. The molecule has 0 saturated carbocycles. The van der Waals surface area contributed by atoms with Crippen molar-refractivity contribution in [2.45, 2.75) is 18.4 Å². The van der Waals surface area contributed by atoms with Gasteiger partial charge in [-0.05, 0) is 52.9 Å². The number of carbonyl (C=O) groups excluding carboxylic acids is 2. The zero-order valence-electron chi connectivity index (χ0n) is 26.5. The summed E-state index contributed by atoms with van der Waals surface area (Å²) in [5.41, 5.74) is 2.34. The molecular weight excluding hydrogens is 615 g/mol. The number of amides is 1. The number of Topliss-reactive ketones (excluding diaryl/α,β-unsaturated/α-hetero) is 1. The van der Waals surface area contributed by atoms with E-state index in [-0.39, 0.29) is 53.6 Å². The molecule has 244 valence electrons. The number of benzene rings is 4. The van der Waals surface area contributed by atoms with Crippen LogP contribution >= 0.6 is 9.03 Å². The monoisotopic (exact) mass is 654 g/mol. The molecule has 0 aliphatic carbocycles. The van der Waals surface area contributed by atoms with Crippen LogP contribution in [-0.2, 0) is 35.4 Å². The van der Waals surface area contributed by atoms with Gasteiger partial charge in [-0.15, -0.1) is 0 Å². The summed E-state index contributed by atoms with van der Waals surface area (Å²) >= 11 is 0. The molecule has 4 rings (SSSR count). The number of carbonyl (C=O) groups is 2. The van der Waals surface area contributed by atoms with Gasteiger partial charge in [0.1, 0.15) is 37.0 Å². The highest BCUT2D eigenvalue weighted by Gasteiger charge is 2.38. The largest absolute Gasteiger partial charge is 0.497 e. The molecular formula is C37H39N2O7P. The van der Waals surface area contributed by atoms with Crippen molar-refractivity contribution in [3.63, 3.8) is 0 Å². The van der Waals surface area contributed by atoms with Gasteiger partial charge in [-0.25, -0.2) is 6.57 Å². The Hall–Kier alpha value is -4.58. The molecule has 9 nitrogen and oxygen atoms in total. The molecule has 0 aromatic heterocycles. The van der Waals surface area contributed by atoms with Crippen LogP contribution in [0.4, 0.5) is 0 Å². The van der Waals surface area contributed by atoms with Crippen LogP contribution < -0.4 is 14.8 Å². The van der Waals surface area contributed by atoms with Crippen molar-refractivity contribution >= 4 is 20.7 Å². The third-order valence-corrected chi connectivity index (χ3v) is 8.12. The number of nitrogens with zero attached hydrogens (tertiary/aromatic N) is 1. The highest BCUT2D eigenvalue weighted by molar-refractivity contribution is 7.26. The molecule has 2 atom stereocenters. The van der Waals surface area contributed by atoms with E-state index in [1.165, 1.54) is 0 Å². The summed E-state index contributed by atoms with van der Waals surface area (Å²) in [5.74, 6) is 0.206. The normalized spacial score (nSPS) is 11.9. The zero-order chi connectivity index (χ0) is 33.3. The van der Waals surface area contributed by atoms with Gasteiger partial charge < -0.3 is 33.4 Å². The van der Waals surface area contributed by atoms with E-state index in [9.17, 15) is 9.59 Å².